The molecule has 10 nitrogen and oxygen atoms in total. The first-order valence-electron chi connectivity index (χ1n) is 9.79. The summed E-state index contributed by atoms with van der Waals surface area (Å²) in [5, 5.41) is 13.0. The first-order valence-corrected chi connectivity index (χ1v) is 9.79. The van der Waals surface area contributed by atoms with E-state index in [1.54, 1.807) is 7.05 Å². The molecule has 0 aliphatic rings. The number of carbonyl (C=O) groups excluding carboxylic acids is 4. The van der Waals surface area contributed by atoms with Crippen molar-refractivity contribution in [3.05, 3.63) is 35.4 Å². The minimum absolute atomic E-state index is 0.0473. The Morgan fingerprint density at radius 2 is 1.50 bits per heavy atom. The largest absolute Gasteiger partial charge is 0.372 e. The first kappa shape index (κ1) is 24.9. The van der Waals surface area contributed by atoms with Crippen LogP contribution in [0.4, 0.5) is 4.79 Å². The van der Waals surface area contributed by atoms with E-state index in [0.29, 0.717) is 32.7 Å². The summed E-state index contributed by atoms with van der Waals surface area (Å²) >= 11 is 0. The van der Waals surface area contributed by atoms with Gasteiger partial charge in [-0.3, -0.25) is 14.4 Å². The number of carbonyl (C=O) groups is 4. The van der Waals surface area contributed by atoms with E-state index in [4.69, 9.17) is 4.74 Å². The zero-order valence-corrected chi connectivity index (χ0v) is 17.5. The van der Waals surface area contributed by atoms with Crippen molar-refractivity contribution in [2.75, 3.05) is 40.4 Å². The molecule has 0 fully saturated rings. The molecular formula is C20H31N5O5. The second kappa shape index (κ2) is 14.8. The molecule has 0 aromatic heterocycles. The number of nitrogens with one attached hydrogen (secondary N) is 5. The fraction of sp³-hybridized carbons (Fsp3) is 0.500. The van der Waals surface area contributed by atoms with Crippen molar-refractivity contribution in [3.8, 4) is 0 Å². The zero-order valence-electron chi connectivity index (χ0n) is 17.5. The molecule has 0 aliphatic carbocycles. The van der Waals surface area contributed by atoms with Crippen LogP contribution in [-0.4, -0.2) is 64.2 Å². The summed E-state index contributed by atoms with van der Waals surface area (Å²) in [4.78, 5) is 45.7. The van der Waals surface area contributed by atoms with Crippen LogP contribution in [0.1, 0.15) is 24.0 Å². The van der Waals surface area contributed by atoms with E-state index in [-0.39, 0.29) is 43.2 Å². The Bertz CT molecular complexity index is 693. The predicted molar refractivity (Wildman–Crippen MR) is 112 cm³/mol. The highest BCUT2D eigenvalue weighted by atomic mass is 16.5. The van der Waals surface area contributed by atoms with E-state index >= 15 is 0 Å². The Balaban J connectivity index is 2.18. The summed E-state index contributed by atoms with van der Waals surface area (Å²) < 4.78 is 5.26. The molecule has 1 rings (SSSR count). The molecule has 0 saturated heterocycles. The lowest BCUT2D eigenvalue weighted by atomic mass is 10.1. The first-order chi connectivity index (χ1) is 14.4. The van der Waals surface area contributed by atoms with Crippen LogP contribution in [0.15, 0.2) is 24.3 Å². The molecule has 5 amide bonds. The van der Waals surface area contributed by atoms with Crippen LogP contribution >= 0.6 is 0 Å². The summed E-state index contributed by atoms with van der Waals surface area (Å²) in [5.41, 5.74) is 1.75. The summed E-state index contributed by atoms with van der Waals surface area (Å²) in [6.45, 7) is 1.46. The zero-order chi connectivity index (χ0) is 22.2. The predicted octanol–water partition coefficient (Wildman–Crippen LogP) is -0.567. The van der Waals surface area contributed by atoms with Gasteiger partial charge in [0.05, 0.1) is 6.42 Å². The number of ether oxygens (including phenoxy) is 1. The molecule has 0 aliphatic heterocycles. The summed E-state index contributed by atoms with van der Waals surface area (Å²) in [6.07, 6.45) is 1.09. The fourth-order valence-corrected chi connectivity index (χ4v) is 2.34. The van der Waals surface area contributed by atoms with Crippen molar-refractivity contribution in [2.24, 2.45) is 0 Å². The molecule has 166 valence electrons. The average molecular weight is 421 g/mol. The van der Waals surface area contributed by atoms with Crippen LogP contribution in [0, 0.1) is 0 Å². The van der Waals surface area contributed by atoms with Crippen molar-refractivity contribution in [3.63, 3.8) is 0 Å². The van der Waals surface area contributed by atoms with E-state index < -0.39 is 0 Å². The molecular weight excluding hydrogens is 390 g/mol. The van der Waals surface area contributed by atoms with Gasteiger partial charge in [0.1, 0.15) is 6.61 Å². The maximum Gasteiger partial charge on any atom is 0.314 e. The maximum atomic E-state index is 11.9. The molecule has 0 atom stereocenters. The van der Waals surface area contributed by atoms with Gasteiger partial charge in [-0.15, -0.1) is 0 Å². The number of hydrogen-bond donors (Lipinski definition) is 5. The highest BCUT2D eigenvalue weighted by molar-refractivity contribution is 5.80. The molecule has 30 heavy (non-hydrogen) atoms. The van der Waals surface area contributed by atoms with Crippen molar-refractivity contribution in [1.82, 2.24) is 26.6 Å². The smallest absolute Gasteiger partial charge is 0.314 e. The number of rotatable bonds is 13. The minimum Gasteiger partial charge on any atom is -0.372 e. The van der Waals surface area contributed by atoms with E-state index in [2.05, 4.69) is 26.6 Å². The molecule has 5 N–H and O–H groups in total. The van der Waals surface area contributed by atoms with Gasteiger partial charge in [0.15, 0.2) is 0 Å². The number of urea groups is 1. The number of hydrogen-bond acceptors (Lipinski definition) is 5. The lowest BCUT2D eigenvalue weighted by Gasteiger charge is -2.08. The normalized spacial score (nSPS) is 10.1. The van der Waals surface area contributed by atoms with Gasteiger partial charge in [0, 0.05) is 46.8 Å². The monoisotopic (exact) mass is 421 g/mol. The third-order valence-corrected chi connectivity index (χ3v) is 4.04. The van der Waals surface area contributed by atoms with Gasteiger partial charge in [0.2, 0.25) is 17.7 Å². The van der Waals surface area contributed by atoms with Gasteiger partial charge in [-0.1, -0.05) is 24.3 Å². The van der Waals surface area contributed by atoms with E-state index in [1.807, 2.05) is 24.3 Å². The second-order valence-corrected chi connectivity index (χ2v) is 6.46. The van der Waals surface area contributed by atoms with Crippen LogP contribution in [0.3, 0.4) is 0 Å². The number of benzene rings is 1. The van der Waals surface area contributed by atoms with Gasteiger partial charge in [-0.25, -0.2) is 4.79 Å². The van der Waals surface area contributed by atoms with Gasteiger partial charge in [-0.2, -0.15) is 0 Å². The Labute approximate surface area is 176 Å². The Kier molecular flexibility index (Phi) is 12.3. The molecule has 0 saturated carbocycles. The molecule has 10 heteroatoms. The second-order valence-electron chi connectivity index (χ2n) is 6.46. The van der Waals surface area contributed by atoms with Gasteiger partial charge in [-0.05, 0) is 17.5 Å². The van der Waals surface area contributed by atoms with Crippen LogP contribution in [0.25, 0.3) is 0 Å². The lowest BCUT2D eigenvalue weighted by molar-refractivity contribution is -0.126. The Hall–Kier alpha value is -3.14. The standard InChI is InChI=1S/C20H31N5O5/c1-21-17(26)8-10-23-18(27)12-15-4-6-16(7-5-15)13-25-19(28)14-30-11-3-9-24-20(29)22-2/h4-7H,3,8-14H2,1-2H3,(H,21,26)(H,23,27)(H,25,28)(H2,22,24,29). The van der Waals surface area contributed by atoms with Gasteiger partial charge >= 0.3 is 6.03 Å². The fourth-order valence-electron chi connectivity index (χ4n) is 2.34. The molecule has 1 aromatic rings. The quantitative estimate of drug-likeness (QED) is 0.272. The Morgan fingerprint density at radius 1 is 0.800 bits per heavy atom. The van der Waals surface area contributed by atoms with Crippen LogP contribution in [0.5, 0.6) is 0 Å². The van der Waals surface area contributed by atoms with Crippen LogP contribution in [-0.2, 0) is 32.1 Å². The SMILES string of the molecule is CNC(=O)CCNC(=O)Cc1ccc(CNC(=O)COCCCNC(=O)NC)cc1. The third-order valence-electron chi connectivity index (χ3n) is 4.04. The summed E-state index contributed by atoms with van der Waals surface area (Å²) in [6, 6.07) is 7.10. The maximum absolute atomic E-state index is 11.9. The van der Waals surface area contributed by atoms with Crippen molar-refractivity contribution < 1.29 is 23.9 Å². The van der Waals surface area contributed by atoms with Crippen molar-refractivity contribution >= 4 is 23.8 Å². The van der Waals surface area contributed by atoms with Gasteiger partial charge in [0.25, 0.3) is 0 Å². The van der Waals surface area contributed by atoms with Gasteiger partial charge < -0.3 is 31.3 Å². The summed E-state index contributed by atoms with van der Waals surface area (Å²) in [7, 11) is 3.09. The van der Waals surface area contributed by atoms with Crippen molar-refractivity contribution in [1.29, 1.82) is 0 Å². The molecule has 1 aromatic carbocycles. The highest BCUT2D eigenvalue weighted by Crippen LogP contribution is 2.05. The van der Waals surface area contributed by atoms with Crippen LogP contribution in [0.2, 0.25) is 0 Å². The van der Waals surface area contributed by atoms with Crippen molar-refractivity contribution in [2.45, 2.75) is 25.8 Å². The van der Waals surface area contributed by atoms with E-state index in [9.17, 15) is 19.2 Å². The number of amides is 5. The average Bonchev–Trinajstić information content (AvgIpc) is 2.75. The highest BCUT2D eigenvalue weighted by Gasteiger charge is 2.06. The molecule has 0 bridgehead atoms. The van der Waals surface area contributed by atoms with E-state index in [0.717, 1.165) is 11.1 Å². The third kappa shape index (κ3) is 11.6. The Morgan fingerprint density at radius 3 is 2.17 bits per heavy atom. The van der Waals surface area contributed by atoms with E-state index in [1.165, 1.54) is 7.05 Å². The molecule has 0 spiro atoms. The minimum atomic E-state index is -0.250. The molecule has 0 heterocycles. The van der Waals surface area contributed by atoms with Crippen LogP contribution < -0.4 is 26.6 Å². The molecule has 0 radical (unpaired) electrons. The summed E-state index contributed by atoms with van der Waals surface area (Å²) in [5.74, 6) is -0.499. The molecule has 0 unspecified atom stereocenters. The topological polar surface area (TPSA) is 138 Å². The lowest BCUT2D eigenvalue weighted by Crippen LogP contribution is -2.34.